The van der Waals surface area contributed by atoms with Crippen molar-refractivity contribution in [1.29, 1.82) is 0 Å². The molecule has 27 heavy (non-hydrogen) atoms. The SMILES string of the molecule is Cc1cccc(OCC(=O)NNC(=O)Cc2cnn(-c3ccccc3)c2)c1. The molecule has 7 nitrogen and oxygen atoms in total. The zero-order chi connectivity index (χ0) is 19.1. The minimum atomic E-state index is -0.440. The van der Waals surface area contributed by atoms with E-state index in [2.05, 4.69) is 16.0 Å². The van der Waals surface area contributed by atoms with Gasteiger partial charge in [0.1, 0.15) is 5.75 Å². The number of aryl methyl sites for hydroxylation is 1. The number of hydrogen-bond acceptors (Lipinski definition) is 4. The van der Waals surface area contributed by atoms with Crippen LogP contribution in [0.25, 0.3) is 5.69 Å². The molecule has 0 radical (unpaired) electrons. The average molecular weight is 364 g/mol. The van der Waals surface area contributed by atoms with E-state index in [0.717, 1.165) is 16.8 Å². The van der Waals surface area contributed by atoms with Crippen LogP contribution in [0.4, 0.5) is 0 Å². The van der Waals surface area contributed by atoms with Gasteiger partial charge in [-0.2, -0.15) is 5.10 Å². The number of hydrazine groups is 1. The molecule has 2 N–H and O–H groups in total. The molecule has 0 saturated carbocycles. The molecule has 0 spiro atoms. The van der Waals surface area contributed by atoms with Gasteiger partial charge in [-0.25, -0.2) is 4.68 Å². The Morgan fingerprint density at radius 1 is 1.04 bits per heavy atom. The molecule has 1 heterocycles. The fourth-order valence-electron chi connectivity index (χ4n) is 2.43. The van der Waals surface area contributed by atoms with E-state index in [1.165, 1.54) is 0 Å². The molecule has 0 fully saturated rings. The number of aromatic nitrogens is 2. The highest BCUT2D eigenvalue weighted by atomic mass is 16.5. The van der Waals surface area contributed by atoms with Crippen molar-refractivity contribution in [3.05, 3.63) is 78.1 Å². The van der Waals surface area contributed by atoms with Crippen molar-refractivity contribution in [3.8, 4) is 11.4 Å². The summed E-state index contributed by atoms with van der Waals surface area (Å²) in [6, 6.07) is 17.0. The molecule has 2 aromatic carbocycles. The van der Waals surface area contributed by atoms with Crippen molar-refractivity contribution in [1.82, 2.24) is 20.6 Å². The van der Waals surface area contributed by atoms with Crippen molar-refractivity contribution >= 4 is 11.8 Å². The van der Waals surface area contributed by atoms with E-state index < -0.39 is 5.91 Å². The van der Waals surface area contributed by atoms with Crippen molar-refractivity contribution in [3.63, 3.8) is 0 Å². The lowest BCUT2D eigenvalue weighted by molar-refractivity contribution is -0.129. The molecular formula is C20H20N4O3. The Kier molecular flexibility index (Phi) is 5.84. The molecule has 0 aliphatic heterocycles. The zero-order valence-electron chi connectivity index (χ0n) is 14.9. The smallest absolute Gasteiger partial charge is 0.276 e. The van der Waals surface area contributed by atoms with E-state index in [1.807, 2.05) is 55.5 Å². The fraction of sp³-hybridized carbons (Fsp3) is 0.150. The monoisotopic (exact) mass is 364 g/mol. The van der Waals surface area contributed by atoms with Gasteiger partial charge in [-0.1, -0.05) is 30.3 Å². The first-order valence-electron chi connectivity index (χ1n) is 8.46. The number of nitrogens with one attached hydrogen (secondary N) is 2. The third-order valence-electron chi connectivity index (χ3n) is 3.72. The van der Waals surface area contributed by atoms with Crippen molar-refractivity contribution in [2.24, 2.45) is 0 Å². The molecule has 0 aliphatic carbocycles. The molecule has 1 aromatic heterocycles. The van der Waals surface area contributed by atoms with E-state index in [0.29, 0.717) is 5.75 Å². The zero-order valence-corrected chi connectivity index (χ0v) is 14.9. The summed E-state index contributed by atoms with van der Waals surface area (Å²) in [5.74, 6) is -0.179. The van der Waals surface area contributed by atoms with Crippen LogP contribution in [0.5, 0.6) is 5.75 Å². The Morgan fingerprint density at radius 2 is 1.81 bits per heavy atom. The Balaban J connectivity index is 1.43. The number of rotatable bonds is 6. The van der Waals surface area contributed by atoms with Crippen LogP contribution < -0.4 is 15.6 Å². The van der Waals surface area contributed by atoms with Gasteiger partial charge in [0, 0.05) is 6.20 Å². The summed E-state index contributed by atoms with van der Waals surface area (Å²) in [5, 5.41) is 4.23. The third-order valence-corrected chi connectivity index (χ3v) is 3.72. The van der Waals surface area contributed by atoms with E-state index in [1.54, 1.807) is 23.1 Å². The predicted molar refractivity (Wildman–Crippen MR) is 100 cm³/mol. The standard InChI is InChI=1S/C20H20N4O3/c1-15-6-5-9-18(10-15)27-14-20(26)23-22-19(25)11-16-12-21-24(13-16)17-7-3-2-4-8-17/h2-10,12-13H,11,14H2,1H3,(H,22,25)(H,23,26). The maximum atomic E-state index is 12.0. The number of nitrogens with zero attached hydrogens (tertiary/aromatic N) is 2. The summed E-state index contributed by atoms with van der Waals surface area (Å²) < 4.78 is 7.07. The van der Waals surface area contributed by atoms with Crippen LogP contribution in [0.2, 0.25) is 0 Å². The van der Waals surface area contributed by atoms with Crippen LogP contribution in [0.1, 0.15) is 11.1 Å². The number of para-hydroxylation sites is 1. The molecule has 0 atom stereocenters. The number of ether oxygens (including phenoxy) is 1. The Labute approximate surface area is 156 Å². The van der Waals surface area contributed by atoms with Crippen molar-refractivity contribution in [2.75, 3.05) is 6.61 Å². The van der Waals surface area contributed by atoms with Crippen LogP contribution in [-0.2, 0) is 16.0 Å². The third kappa shape index (κ3) is 5.43. The van der Waals surface area contributed by atoms with Crippen LogP contribution in [0.15, 0.2) is 67.0 Å². The van der Waals surface area contributed by atoms with Gasteiger partial charge in [-0.3, -0.25) is 20.4 Å². The van der Waals surface area contributed by atoms with Crippen LogP contribution in [0, 0.1) is 6.92 Å². The van der Waals surface area contributed by atoms with Crippen molar-refractivity contribution < 1.29 is 14.3 Å². The second-order valence-electron chi connectivity index (χ2n) is 6.01. The summed E-state index contributed by atoms with van der Waals surface area (Å²) in [4.78, 5) is 23.8. The first kappa shape index (κ1) is 18.2. The quantitative estimate of drug-likeness (QED) is 0.655. The molecule has 3 rings (SSSR count). The molecular weight excluding hydrogens is 344 g/mol. The summed E-state index contributed by atoms with van der Waals surface area (Å²) >= 11 is 0. The summed E-state index contributed by atoms with van der Waals surface area (Å²) in [6.07, 6.45) is 3.50. The van der Waals surface area contributed by atoms with Crippen LogP contribution in [0.3, 0.4) is 0 Å². The fourth-order valence-corrected chi connectivity index (χ4v) is 2.43. The lowest BCUT2D eigenvalue weighted by Crippen LogP contribution is -2.44. The lowest BCUT2D eigenvalue weighted by Gasteiger charge is -2.08. The van der Waals surface area contributed by atoms with Crippen LogP contribution in [-0.4, -0.2) is 28.2 Å². The van der Waals surface area contributed by atoms with E-state index in [4.69, 9.17) is 4.74 Å². The molecule has 0 saturated heterocycles. The number of benzene rings is 2. The molecule has 138 valence electrons. The molecule has 3 aromatic rings. The van der Waals surface area contributed by atoms with Gasteiger partial charge in [0.05, 0.1) is 18.3 Å². The Morgan fingerprint density at radius 3 is 2.59 bits per heavy atom. The van der Waals surface area contributed by atoms with E-state index >= 15 is 0 Å². The largest absolute Gasteiger partial charge is 0.484 e. The number of amides is 2. The maximum absolute atomic E-state index is 12.0. The normalized spacial score (nSPS) is 10.3. The molecule has 0 bridgehead atoms. The number of carbonyl (C=O) groups excluding carboxylic acids is 2. The second kappa shape index (κ2) is 8.66. The van der Waals surface area contributed by atoms with Crippen LogP contribution >= 0.6 is 0 Å². The summed E-state index contributed by atoms with van der Waals surface area (Å²) in [5.41, 5.74) is 7.39. The first-order chi connectivity index (χ1) is 13.1. The van der Waals surface area contributed by atoms with E-state index in [-0.39, 0.29) is 18.9 Å². The minimum absolute atomic E-state index is 0.103. The van der Waals surface area contributed by atoms with E-state index in [9.17, 15) is 9.59 Å². The molecule has 0 aliphatic rings. The van der Waals surface area contributed by atoms with Gasteiger partial charge in [0.2, 0.25) is 5.91 Å². The Bertz CT molecular complexity index is 922. The summed E-state index contributed by atoms with van der Waals surface area (Å²) in [6.45, 7) is 1.75. The highest BCUT2D eigenvalue weighted by Gasteiger charge is 2.09. The van der Waals surface area contributed by atoms with Gasteiger partial charge in [-0.15, -0.1) is 0 Å². The lowest BCUT2D eigenvalue weighted by atomic mass is 10.2. The first-order valence-corrected chi connectivity index (χ1v) is 8.46. The molecule has 2 amide bonds. The van der Waals surface area contributed by atoms with Gasteiger partial charge >= 0.3 is 0 Å². The number of hydrogen-bond donors (Lipinski definition) is 2. The highest BCUT2D eigenvalue weighted by Crippen LogP contribution is 2.12. The molecule has 7 heteroatoms. The maximum Gasteiger partial charge on any atom is 0.276 e. The second-order valence-corrected chi connectivity index (χ2v) is 6.01. The summed E-state index contributed by atoms with van der Waals surface area (Å²) in [7, 11) is 0. The van der Waals surface area contributed by atoms with Gasteiger partial charge < -0.3 is 4.74 Å². The highest BCUT2D eigenvalue weighted by molar-refractivity contribution is 5.83. The van der Waals surface area contributed by atoms with Gasteiger partial charge in [-0.05, 0) is 42.3 Å². The van der Waals surface area contributed by atoms with Gasteiger partial charge in [0.25, 0.3) is 5.91 Å². The Hall–Kier alpha value is -3.61. The van der Waals surface area contributed by atoms with Gasteiger partial charge in [0.15, 0.2) is 6.61 Å². The predicted octanol–water partition coefficient (Wildman–Crippen LogP) is 1.95. The van der Waals surface area contributed by atoms with Crippen molar-refractivity contribution in [2.45, 2.75) is 13.3 Å². The number of carbonyl (C=O) groups is 2. The topological polar surface area (TPSA) is 85.2 Å². The average Bonchev–Trinajstić information content (AvgIpc) is 3.14. The minimum Gasteiger partial charge on any atom is -0.484 e. The molecule has 0 unspecified atom stereocenters.